The van der Waals surface area contributed by atoms with E-state index in [1.54, 1.807) is 23.9 Å². The lowest BCUT2D eigenvalue weighted by atomic mass is 10.1. The third kappa shape index (κ3) is 4.71. The van der Waals surface area contributed by atoms with E-state index in [0.717, 1.165) is 26.6 Å². The molecule has 3 rings (SSSR count). The molecule has 0 aliphatic heterocycles. The van der Waals surface area contributed by atoms with Gasteiger partial charge in [0.25, 0.3) is 0 Å². The maximum atomic E-state index is 12.3. The minimum absolute atomic E-state index is 0.0318. The second kappa shape index (κ2) is 8.31. The Labute approximate surface area is 163 Å². The summed E-state index contributed by atoms with van der Waals surface area (Å²) in [5.74, 6) is -0.0801. The zero-order valence-corrected chi connectivity index (χ0v) is 16.5. The molecular formula is C21H23N3O2S. The van der Waals surface area contributed by atoms with Crippen molar-refractivity contribution in [3.05, 3.63) is 69.9 Å². The number of aromatic nitrogens is 2. The van der Waals surface area contributed by atoms with Gasteiger partial charge < -0.3 is 9.88 Å². The van der Waals surface area contributed by atoms with Crippen molar-refractivity contribution in [2.45, 2.75) is 39.7 Å². The van der Waals surface area contributed by atoms with E-state index in [9.17, 15) is 9.59 Å². The molecule has 0 radical (unpaired) electrons. The van der Waals surface area contributed by atoms with Crippen molar-refractivity contribution >= 4 is 23.0 Å². The number of nitrogens with one attached hydrogen (secondary N) is 1. The van der Waals surface area contributed by atoms with Gasteiger partial charge in [0.2, 0.25) is 5.91 Å². The first kappa shape index (κ1) is 19.0. The molecule has 0 saturated heterocycles. The first-order chi connectivity index (χ1) is 12.9. The fourth-order valence-corrected chi connectivity index (χ4v) is 3.96. The zero-order valence-electron chi connectivity index (χ0n) is 15.7. The maximum Gasteiger partial charge on any atom is 0.220 e. The Balaban J connectivity index is 1.53. The van der Waals surface area contributed by atoms with Gasteiger partial charge in [-0.25, -0.2) is 4.98 Å². The molecule has 5 nitrogen and oxygen atoms in total. The summed E-state index contributed by atoms with van der Waals surface area (Å²) in [6.45, 7) is 5.87. The predicted octanol–water partition coefficient (Wildman–Crippen LogP) is 4.39. The van der Waals surface area contributed by atoms with Crippen LogP contribution < -0.4 is 5.32 Å². The number of carbonyl (C=O) groups excluding carboxylic acids is 2. The smallest absolute Gasteiger partial charge is 0.220 e. The number of aryl methyl sites for hydroxylation is 2. The van der Waals surface area contributed by atoms with Crippen molar-refractivity contribution in [1.29, 1.82) is 0 Å². The second-order valence-electron chi connectivity index (χ2n) is 6.60. The van der Waals surface area contributed by atoms with Crippen LogP contribution in [0.25, 0.3) is 5.69 Å². The summed E-state index contributed by atoms with van der Waals surface area (Å²) in [6, 6.07) is 9.75. The molecule has 0 spiro atoms. The Morgan fingerprint density at radius 3 is 2.52 bits per heavy atom. The Morgan fingerprint density at radius 1 is 1.19 bits per heavy atom. The molecule has 140 valence electrons. The highest BCUT2D eigenvalue weighted by atomic mass is 32.1. The normalized spacial score (nSPS) is 12.0. The average Bonchev–Trinajstić information content (AvgIpc) is 3.29. The molecule has 27 heavy (non-hydrogen) atoms. The highest BCUT2D eigenvalue weighted by Gasteiger charge is 2.15. The van der Waals surface area contributed by atoms with Gasteiger partial charge >= 0.3 is 0 Å². The van der Waals surface area contributed by atoms with Gasteiger partial charge in [-0.3, -0.25) is 9.59 Å². The van der Waals surface area contributed by atoms with E-state index in [2.05, 4.69) is 10.3 Å². The molecular weight excluding hydrogens is 358 g/mol. The number of amides is 1. The van der Waals surface area contributed by atoms with Gasteiger partial charge in [0, 0.05) is 46.2 Å². The van der Waals surface area contributed by atoms with Crippen LogP contribution in [0.4, 0.5) is 0 Å². The summed E-state index contributed by atoms with van der Waals surface area (Å²) >= 11 is 1.61. The van der Waals surface area contributed by atoms with E-state index >= 15 is 0 Å². The van der Waals surface area contributed by atoms with E-state index in [4.69, 9.17) is 0 Å². The third-order valence-corrected chi connectivity index (χ3v) is 5.46. The number of carbonyl (C=O) groups is 2. The number of Topliss-reactive ketones (excluding diaryl/α,β-unsaturated/α-hetero) is 1. The molecule has 0 saturated carbocycles. The molecule has 1 amide bonds. The molecule has 1 atom stereocenters. The molecule has 0 aliphatic carbocycles. The van der Waals surface area contributed by atoms with Crippen LogP contribution >= 0.6 is 11.3 Å². The van der Waals surface area contributed by atoms with E-state index in [1.165, 1.54) is 0 Å². The highest BCUT2D eigenvalue weighted by Crippen LogP contribution is 2.22. The average molecular weight is 382 g/mol. The van der Waals surface area contributed by atoms with Gasteiger partial charge in [-0.1, -0.05) is 12.1 Å². The van der Waals surface area contributed by atoms with Gasteiger partial charge in [0.15, 0.2) is 5.78 Å². The van der Waals surface area contributed by atoms with E-state index in [1.807, 2.05) is 61.9 Å². The molecule has 2 heterocycles. The Hall–Kier alpha value is -2.73. The fourth-order valence-electron chi connectivity index (χ4n) is 3.01. The number of nitrogens with zero attached hydrogens (tertiary/aromatic N) is 2. The second-order valence-corrected chi connectivity index (χ2v) is 8.06. The summed E-state index contributed by atoms with van der Waals surface area (Å²) in [4.78, 5) is 30.7. The first-order valence-electron chi connectivity index (χ1n) is 8.92. The van der Waals surface area contributed by atoms with Crippen LogP contribution in [0, 0.1) is 13.8 Å². The minimum Gasteiger partial charge on any atom is -0.350 e. The monoisotopic (exact) mass is 381 g/mol. The predicted molar refractivity (Wildman–Crippen MR) is 107 cm³/mol. The lowest BCUT2D eigenvalue weighted by molar-refractivity contribution is -0.121. The molecule has 1 aromatic carbocycles. The minimum atomic E-state index is -0.116. The number of rotatable bonds is 7. The van der Waals surface area contributed by atoms with Crippen molar-refractivity contribution in [2.75, 3.05) is 0 Å². The van der Waals surface area contributed by atoms with E-state index in [-0.39, 0.29) is 30.6 Å². The number of thiophene rings is 1. The van der Waals surface area contributed by atoms with Gasteiger partial charge in [-0.15, -0.1) is 11.3 Å². The summed E-state index contributed by atoms with van der Waals surface area (Å²) in [5.41, 5.74) is 2.78. The number of hydrogen-bond acceptors (Lipinski definition) is 4. The largest absolute Gasteiger partial charge is 0.350 e. The van der Waals surface area contributed by atoms with Crippen molar-refractivity contribution in [2.24, 2.45) is 0 Å². The van der Waals surface area contributed by atoms with Crippen molar-refractivity contribution in [3.8, 4) is 5.69 Å². The molecule has 0 aliphatic rings. The van der Waals surface area contributed by atoms with Gasteiger partial charge in [0.05, 0.1) is 12.4 Å². The molecule has 2 aromatic heterocycles. The summed E-state index contributed by atoms with van der Waals surface area (Å²) < 4.78 is 1.92. The van der Waals surface area contributed by atoms with E-state index in [0.29, 0.717) is 0 Å². The Morgan fingerprint density at radius 2 is 1.93 bits per heavy atom. The van der Waals surface area contributed by atoms with Gasteiger partial charge in [-0.05, 0) is 44.5 Å². The first-order valence-corrected chi connectivity index (χ1v) is 9.73. The number of imidazole rings is 1. The standard InChI is InChI=1S/C21H23N3O2S/c1-14-12-19(16(3)27-14)20(25)8-9-21(26)23-15(2)17-4-6-18(7-5-17)24-11-10-22-13-24/h4-7,10-13,15H,8-9H2,1-3H3,(H,23,26)/t15-/m0/s1. The fraction of sp³-hybridized carbons (Fsp3) is 0.286. The van der Waals surface area contributed by atoms with Crippen LogP contribution in [0.5, 0.6) is 0 Å². The van der Waals surface area contributed by atoms with Crippen molar-refractivity contribution in [3.63, 3.8) is 0 Å². The summed E-state index contributed by atoms with van der Waals surface area (Å²) in [5, 5.41) is 2.97. The van der Waals surface area contributed by atoms with Crippen molar-refractivity contribution in [1.82, 2.24) is 14.9 Å². The van der Waals surface area contributed by atoms with E-state index < -0.39 is 0 Å². The molecule has 6 heteroatoms. The summed E-state index contributed by atoms with van der Waals surface area (Å²) in [6.07, 6.45) is 5.79. The molecule has 3 aromatic rings. The van der Waals surface area contributed by atoms with Crippen LogP contribution in [0.15, 0.2) is 49.1 Å². The SMILES string of the molecule is Cc1cc(C(=O)CCC(=O)N[C@@H](C)c2ccc(-n3ccnc3)cc2)c(C)s1. The molecule has 1 N–H and O–H groups in total. The number of benzene rings is 1. The number of ketones is 1. The van der Waals surface area contributed by atoms with Crippen LogP contribution in [-0.4, -0.2) is 21.2 Å². The number of hydrogen-bond donors (Lipinski definition) is 1. The van der Waals surface area contributed by atoms with Crippen molar-refractivity contribution < 1.29 is 9.59 Å². The van der Waals surface area contributed by atoms with Crippen LogP contribution in [0.2, 0.25) is 0 Å². The Bertz CT molecular complexity index is 927. The topological polar surface area (TPSA) is 64.0 Å². The molecule has 0 unspecified atom stereocenters. The molecule has 0 fully saturated rings. The third-order valence-electron chi connectivity index (χ3n) is 4.49. The highest BCUT2D eigenvalue weighted by molar-refractivity contribution is 7.12. The lowest BCUT2D eigenvalue weighted by Crippen LogP contribution is -2.27. The maximum absolute atomic E-state index is 12.3. The molecule has 0 bridgehead atoms. The quantitative estimate of drug-likeness (QED) is 0.617. The van der Waals surface area contributed by atoms with Crippen LogP contribution in [-0.2, 0) is 4.79 Å². The van der Waals surface area contributed by atoms with Crippen LogP contribution in [0.1, 0.15) is 51.5 Å². The zero-order chi connectivity index (χ0) is 19.4. The van der Waals surface area contributed by atoms with Crippen LogP contribution in [0.3, 0.4) is 0 Å². The Kier molecular flexibility index (Phi) is 5.86. The lowest BCUT2D eigenvalue weighted by Gasteiger charge is -2.15. The van der Waals surface area contributed by atoms with Gasteiger partial charge in [0.1, 0.15) is 0 Å². The summed E-state index contributed by atoms with van der Waals surface area (Å²) in [7, 11) is 0. The van der Waals surface area contributed by atoms with Gasteiger partial charge in [-0.2, -0.15) is 0 Å².